The molecule has 0 bridgehead atoms. The van der Waals surface area contributed by atoms with Gasteiger partial charge in [-0.15, -0.1) is 10.2 Å². The van der Waals surface area contributed by atoms with E-state index in [1.165, 1.54) is 5.56 Å². The van der Waals surface area contributed by atoms with Crippen LogP contribution in [0.4, 0.5) is 0 Å². The van der Waals surface area contributed by atoms with E-state index in [1.54, 1.807) is 19.2 Å². The smallest absolute Gasteiger partial charge is 0.300 e. The third-order valence-corrected chi connectivity index (χ3v) is 2.81. The van der Waals surface area contributed by atoms with E-state index in [-0.39, 0.29) is 5.91 Å². The molecule has 23 heavy (non-hydrogen) atoms. The summed E-state index contributed by atoms with van der Waals surface area (Å²) in [7, 11) is 1.56. The lowest BCUT2D eigenvalue weighted by molar-refractivity contribution is -0.134. The van der Waals surface area contributed by atoms with E-state index in [2.05, 4.69) is 15.5 Å². The van der Waals surface area contributed by atoms with Gasteiger partial charge < -0.3 is 16.2 Å². The van der Waals surface area contributed by atoms with Crippen LogP contribution in [0.15, 0.2) is 36.4 Å². The molecule has 122 valence electrons. The lowest BCUT2D eigenvalue weighted by atomic mass is 10.1. The molecule has 0 aliphatic rings. The number of nitrogens with two attached hydrogens (primary N) is 1. The standard InChI is InChI=1S/C14H16N4O.C2H4O2/c1-16-14(19)13-7-6-12(17-18-13)11-4-2-10(3-5-11)8-9-15;1-2(3)4/h2-7H,8-9,15H2,1H3,(H,16,19);1H3,(H,3,4). The minimum Gasteiger partial charge on any atom is -0.481 e. The monoisotopic (exact) mass is 316 g/mol. The fraction of sp³-hybridized carbons (Fsp3) is 0.250. The summed E-state index contributed by atoms with van der Waals surface area (Å²) in [6, 6.07) is 11.5. The Kier molecular flexibility index (Phi) is 7.35. The van der Waals surface area contributed by atoms with E-state index >= 15 is 0 Å². The normalized spacial score (nSPS) is 9.52. The Hall–Kier alpha value is -2.80. The van der Waals surface area contributed by atoms with Gasteiger partial charge >= 0.3 is 0 Å². The van der Waals surface area contributed by atoms with Crippen molar-refractivity contribution in [3.05, 3.63) is 47.7 Å². The second-order valence-electron chi connectivity index (χ2n) is 4.64. The van der Waals surface area contributed by atoms with Gasteiger partial charge in [-0.25, -0.2) is 0 Å². The van der Waals surface area contributed by atoms with Crippen molar-refractivity contribution < 1.29 is 14.7 Å². The molecule has 0 aliphatic heterocycles. The zero-order valence-corrected chi connectivity index (χ0v) is 13.1. The summed E-state index contributed by atoms with van der Waals surface area (Å²) in [5.41, 5.74) is 8.73. The molecular formula is C16H20N4O3. The molecule has 4 N–H and O–H groups in total. The van der Waals surface area contributed by atoms with Gasteiger partial charge in [-0.2, -0.15) is 0 Å². The first-order valence-corrected chi connectivity index (χ1v) is 7.02. The van der Waals surface area contributed by atoms with Gasteiger partial charge in [0.05, 0.1) is 5.69 Å². The van der Waals surface area contributed by atoms with Crippen LogP contribution in [0, 0.1) is 0 Å². The van der Waals surface area contributed by atoms with E-state index in [9.17, 15) is 4.79 Å². The molecule has 2 rings (SSSR count). The van der Waals surface area contributed by atoms with Crippen LogP contribution in [0.1, 0.15) is 23.0 Å². The van der Waals surface area contributed by atoms with Crippen LogP contribution >= 0.6 is 0 Å². The Morgan fingerprint density at radius 2 is 1.74 bits per heavy atom. The number of rotatable bonds is 4. The highest BCUT2D eigenvalue weighted by atomic mass is 16.4. The van der Waals surface area contributed by atoms with Crippen LogP contribution in [0.25, 0.3) is 11.3 Å². The Morgan fingerprint density at radius 1 is 1.13 bits per heavy atom. The average molecular weight is 316 g/mol. The Morgan fingerprint density at radius 3 is 2.17 bits per heavy atom. The van der Waals surface area contributed by atoms with Crippen molar-refractivity contribution >= 4 is 11.9 Å². The van der Waals surface area contributed by atoms with Crippen LogP contribution in [-0.2, 0) is 11.2 Å². The van der Waals surface area contributed by atoms with E-state index < -0.39 is 5.97 Å². The van der Waals surface area contributed by atoms with E-state index in [1.807, 2.05) is 24.3 Å². The largest absolute Gasteiger partial charge is 0.481 e. The number of carboxylic acids is 1. The molecule has 7 nitrogen and oxygen atoms in total. The minimum absolute atomic E-state index is 0.239. The lowest BCUT2D eigenvalue weighted by Crippen LogP contribution is -2.19. The van der Waals surface area contributed by atoms with Crippen LogP contribution in [-0.4, -0.2) is 40.8 Å². The van der Waals surface area contributed by atoms with Crippen molar-refractivity contribution in [2.75, 3.05) is 13.6 Å². The molecule has 1 heterocycles. The molecule has 7 heteroatoms. The topological polar surface area (TPSA) is 118 Å². The summed E-state index contributed by atoms with van der Waals surface area (Å²) >= 11 is 0. The lowest BCUT2D eigenvalue weighted by Gasteiger charge is -2.03. The molecule has 0 unspecified atom stereocenters. The number of carbonyl (C=O) groups excluding carboxylic acids is 1. The predicted octanol–water partition coefficient (Wildman–Crippen LogP) is 1.10. The number of nitrogens with zero attached hydrogens (tertiary/aromatic N) is 2. The first-order chi connectivity index (χ1) is 11.0. The maximum Gasteiger partial charge on any atom is 0.300 e. The zero-order chi connectivity index (χ0) is 17.2. The van der Waals surface area contributed by atoms with Crippen molar-refractivity contribution in [3.63, 3.8) is 0 Å². The van der Waals surface area contributed by atoms with Gasteiger partial charge in [0.1, 0.15) is 0 Å². The molecule has 0 atom stereocenters. The molecule has 0 aliphatic carbocycles. The second kappa shape index (κ2) is 9.26. The number of hydrogen-bond acceptors (Lipinski definition) is 5. The van der Waals surface area contributed by atoms with Crippen molar-refractivity contribution in [2.24, 2.45) is 5.73 Å². The number of amides is 1. The van der Waals surface area contributed by atoms with Gasteiger partial charge in [-0.05, 0) is 30.7 Å². The average Bonchev–Trinajstić information content (AvgIpc) is 2.55. The van der Waals surface area contributed by atoms with Crippen molar-refractivity contribution in [3.8, 4) is 11.3 Å². The van der Waals surface area contributed by atoms with Crippen LogP contribution in [0.2, 0.25) is 0 Å². The maximum atomic E-state index is 11.4. The SMILES string of the molecule is CC(=O)O.CNC(=O)c1ccc(-c2ccc(CCN)cc2)nn1. The summed E-state index contributed by atoms with van der Waals surface area (Å²) in [5.74, 6) is -1.07. The fourth-order valence-corrected chi connectivity index (χ4v) is 1.74. The Bertz CT molecular complexity index is 635. The van der Waals surface area contributed by atoms with Crippen molar-refractivity contribution in [1.29, 1.82) is 0 Å². The van der Waals surface area contributed by atoms with Crippen LogP contribution < -0.4 is 11.1 Å². The minimum atomic E-state index is -0.833. The number of carboxylic acid groups (broad SMARTS) is 1. The number of benzene rings is 1. The highest BCUT2D eigenvalue weighted by Crippen LogP contribution is 2.17. The summed E-state index contributed by atoms with van der Waals surface area (Å²) in [6.07, 6.45) is 0.863. The van der Waals surface area contributed by atoms with Gasteiger partial charge in [-0.1, -0.05) is 24.3 Å². The third kappa shape index (κ3) is 6.23. The molecule has 0 saturated carbocycles. The number of carbonyl (C=O) groups is 2. The predicted molar refractivity (Wildman–Crippen MR) is 86.9 cm³/mol. The maximum absolute atomic E-state index is 11.4. The summed E-state index contributed by atoms with van der Waals surface area (Å²) < 4.78 is 0. The molecule has 1 amide bonds. The highest BCUT2D eigenvalue weighted by molar-refractivity contribution is 5.92. The van der Waals surface area contributed by atoms with Crippen molar-refractivity contribution in [1.82, 2.24) is 15.5 Å². The molecule has 2 aromatic rings. The fourth-order valence-electron chi connectivity index (χ4n) is 1.74. The van der Waals surface area contributed by atoms with Gasteiger partial charge in [0.15, 0.2) is 5.69 Å². The molecule has 0 saturated heterocycles. The molecular weight excluding hydrogens is 296 g/mol. The van der Waals surface area contributed by atoms with E-state index in [4.69, 9.17) is 15.6 Å². The van der Waals surface area contributed by atoms with Gasteiger partial charge in [0.2, 0.25) is 0 Å². The highest BCUT2D eigenvalue weighted by Gasteiger charge is 2.06. The van der Waals surface area contributed by atoms with Crippen molar-refractivity contribution in [2.45, 2.75) is 13.3 Å². The van der Waals surface area contributed by atoms with Gasteiger partial charge in [-0.3, -0.25) is 9.59 Å². The quantitative estimate of drug-likeness (QED) is 0.777. The Labute approximate surface area is 134 Å². The van der Waals surface area contributed by atoms with E-state index in [0.717, 1.165) is 24.6 Å². The number of aromatic nitrogens is 2. The Balaban J connectivity index is 0.000000593. The first-order valence-electron chi connectivity index (χ1n) is 7.02. The third-order valence-electron chi connectivity index (χ3n) is 2.81. The van der Waals surface area contributed by atoms with Crippen LogP contribution in [0.3, 0.4) is 0 Å². The molecule has 1 aromatic heterocycles. The summed E-state index contributed by atoms with van der Waals surface area (Å²) in [5, 5.41) is 17.9. The van der Waals surface area contributed by atoms with Gasteiger partial charge in [0, 0.05) is 19.5 Å². The summed E-state index contributed by atoms with van der Waals surface area (Å²) in [6.45, 7) is 1.72. The molecule has 0 spiro atoms. The first kappa shape index (κ1) is 18.2. The number of nitrogens with one attached hydrogen (secondary N) is 1. The van der Waals surface area contributed by atoms with Crippen LogP contribution in [0.5, 0.6) is 0 Å². The van der Waals surface area contributed by atoms with Gasteiger partial charge in [0.25, 0.3) is 11.9 Å². The molecule has 0 fully saturated rings. The summed E-state index contributed by atoms with van der Waals surface area (Å²) in [4.78, 5) is 20.4. The molecule has 0 radical (unpaired) electrons. The number of hydrogen-bond donors (Lipinski definition) is 3. The second-order valence-corrected chi connectivity index (χ2v) is 4.64. The number of aliphatic carboxylic acids is 1. The zero-order valence-electron chi connectivity index (χ0n) is 13.1. The van der Waals surface area contributed by atoms with E-state index in [0.29, 0.717) is 12.2 Å². The molecule has 1 aromatic carbocycles.